The molecular weight excluding hydrogens is 140 g/mol. The van der Waals surface area contributed by atoms with Crippen molar-refractivity contribution in [3.05, 3.63) is 0 Å². The third-order valence-corrected chi connectivity index (χ3v) is 2.47. The maximum atomic E-state index is 5.33. The van der Waals surface area contributed by atoms with Crippen molar-refractivity contribution in [2.45, 2.75) is 19.5 Å². The molecule has 60 valence electrons. The van der Waals surface area contributed by atoms with Gasteiger partial charge in [0.1, 0.15) is 0 Å². The Kier molecular flexibility index (Phi) is 7.35. The van der Waals surface area contributed by atoms with Crippen molar-refractivity contribution >= 4 is 9.52 Å². The molecule has 0 saturated carbocycles. The molecule has 0 aliphatic heterocycles. The van der Waals surface area contributed by atoms with E-state index in [-0.39, 0.29) is 0 Å². The van der Waals surface area contributed by atoms with Crippen molar-refractivity contribution < 1.29 is 0 Å². The van der Waals surface area contributed by atoms with Crippen LogP contribution < -0.4 is 11.1 Å². The SMILES string of the molecule is C[Si]CC(C)CNCCN. The first-order valence-corrected chi connectivity index (χ1v) is 5.57. The highest BCUT2D eigenvalue weighted by Crippen LogP contribution is 1.98. The van der Waals surface area contributed by atoms with Crippen LogP contribution in [0.25, 0.3) is 0 Å². The van der Waals surface area contributed by atoms with Crippen molar-refractivity contribution in [3.8, 4) is 0 Å². The van der Waals surface area contributed by atoms with Gasteiger partial charge < -0.3 is 11.1 Å². The van der Waals surface area contributed by atoms with Crippen molar-refractivity contribution in [3.63, 3.8) is 0 Å². The molecule has 0 rings (SSSR count). The highest BCUT2D eigenvalue weighted by atomic mass is 28.2. The summed E-state index contributed by atoms with van der Waals surface area (Å²) in [7, 11) is 1.08. The van der Waals surface area contributed by atoms with E-state index in [4.69, 9.17) is 5.73 Å². The number of nitrogens with two attached hydrogens (primary N) is 1. The van der Waals surface area contributed by atoms with E-state index in [2.05, 4.69) is 18.8 Å². The summed E-state index contributed by atoms with van der Waals surface area (Å²) in [5.74, 6) is 0.815. The fourth-order valence-electron chi connectivity index (χ4n) is 0.871. The Bertz CT molecular complexity index is 68.6. The van der Waals surface area contributed by atoms with Crippen LogP contribution in [-0.4, -0.2) is 29.2 Å². The van der Waals surface area contributed by atoms with Crippen LogP contribution in [0, 0.1) is 5.92 Å². The Morgan fingerprint density at radius 1 is 1.60 bits per heavy atom. The molecule has 0 saturated heterocycles. The third kappa shape index (κ3) is 6.26. The second-order valence-corrected chi connectivity index (χ2v) is 3.77. The molecule has 0 aliphatic rings. The van der Waals surface area contributed by atoms with Crippen LogP contribution in [0.1, 0.15) is 6.92 Å². The van der Waals surface area contributed by atoms with Crippen molar-refractivity contribution in [2.24, 2.45) is 11.7 Å². The number of rotatable bonds is 6. The lowest BCUT2D eigenvalue weighted by molar-refractivity contribution is 0.556. The van der Waals surface area contributed by atoms with Crippen LogP contribution in [-0.2, 0) is 0 Å². The van der Waals surface area contributed by atoms with Gasteiger partial charge >= 0.3 is 0 Å². The quantitative estimate of drug-likeness (QED) is 0.432. The van der Waals surface area contributed by atoms with Crippen LogP contribution in [0.2, 0.25) is 12.6 Å². The van der Waals surface area contributed by atoms with Gasteiger partial charge in [-0.05, 0) is 12.5 Å². The fourth-order valence-corrected chi connectivity index (χ4v) is 1.71. The summed E-state index contributed by atoms with van der Waals surface area (Å²) < 4.78 is 0. The first-order chi connectivity index (χ1) is 4.81. The molecular formula is C7H18N2Si. The van der Waals surface area contributed by atoms with Gasteiger partial charge in [-0.25, -0.2) is 0 Å². The normalized spacial score (nSPS) is 13.5. The number of hydrogen-bond donors (Lipinski definition) is 2. The molecule has 0 fully saturated rings. The van der Waals surface area contributed by atoms with Gasteiger partial charge in [0.05, 0.1) is 0 Å². The summed E-state index contributed by atoms with van der Waals surface area (Å²) in [5, 5.41) is 3.30. The summed E-state index contributed by atoms with van der Waals surface area (Å²) in [6.07, 6.45) is 0. The van der Waals surface area contributed by atoms with E-state index in [9.17, 15) is 0 Å². The van der Waals surface area contributed by atoms with Crippen LogP contribution in [0.5, 0.6) is 0 Å². The highest BCUT2D eigenvalue weighted by molar-refractivity contribution is 6.33. The first-order valence-electron chi connectivity index (χ1n) is 3.86. The fraction of sp³-hybridized carbons (Fsp3) is 1.00. The molecule has 2 radical (unpaired) electrons. The Balaban J connectivity index is 2.97. The van der Waals surface area contributed by atoms with Gasteiger partial charge in [0.2, 0.25) is 0 Å². The third-order valence-electron chi connectivity index (χ3n) is 1.37. The zero-order chi connectivity index (χ0) is 7.82. The zero-order valence-electron chi connectivity index (χ0n) is 6.98. The Morgan fingerprint density at radius 2 is 2.30 bits per heavy atom. The van der Waals surface area contributed by atoms with Gasteiger partial charge in [-0.1, -0.05) is 19.5 Å². The lowest BCUT2D eigenvalue weighted by atomic mass is 10.2. The van der Waals surface area contributed by atoms with E-state index in [1.807, 2.05) is 0 Å². The summed E-state index contributed by atoms with van der Waals surface area (Å²) >= 11 is 0. The lowest BCUT2D eigenvalue weighted by Crippen LogP contribution is -2.27. The average Bonchev–Trinajstić information content (AvgIpc) is 1.89. The molecule has 0 spiro atoms. The molecule has 3 heteroatoms. The van der Waals surface area contributed by atoms with Crippen LogP contribution in [0.4, 0.5) is 0 Å². The second-order valence-electron chi connectivity index (χ2n) is 2.66. The van der Waals surface area contributed by atoms with Gasteiger partial charge in [-0.3, -0.25) is 0 Å². The smallest absolute Gasteiger partial charge is 0.0346 e. The Labute approximate surface area is 66.4 Å². The molecule has 10 heavy (non-hydrogen) atoms. The van der Waals surface area contributed by atoms with Gasteiger partial charge in [-0.15, -0.1) is 0 Å². The minimum absolute atomic E-state index is 0.751. The van der Waals surface area contributed by atoms with Crippen LogP contribution in [0.15, 0.2) is 0 Å². The Morgan fingerprint density at radius 3 is 2.80 bits per heavy atom. The van der Waals surface area contributed by atoms with Crippen LogP contribution in [0.3, 0.4) is 0 Å². The molecule has 0 aromatic heterocycles. The van der Waals surface area contributed by atoms with Crippen molar-refractivity contribution in [1.29, 1.82) is 0 Å². The van der Waals surface area contributed by atoms with Crippen molar-refractivity contribution in [2.75, 3.05) is 19.6 Å². The largest absolute Gasteiger partial charge is 0.329 e. The molecule has 0 aliphatic carbocycles. The zero-order valence-corrected chi connectivity index (χ0v) is 7.98. The minimum Gasteiger partial charge on any atom is -0.329 e. The lowest BCUT2D eigenvalue weighted by Gasteiger charge is -2.09. The molecule has 1 atom stereocenters. The minimum atomic E-state index is 0.751. The van der Waals surface area contributed by atoms with E-state index in [0.717, 1.165) is 35.1 Å². The Hall–Kier alpha value is 0.137. The van der Waals surface area contributed by atoms with Gasteiger partial charge in [0, 0.05) is 22.6 Å². The molecule has 0 amide bonds. The predicted molar refractivity (Wildman–Crippen MR) is 47.5 cm³/mol. The number of nitrogens with one attached hydrogen (secondary N) is 1. The van der Waals surface area contributed by atoms with Gasteiger partial charge in [-0.2, -0.15) is 0 Å². The molecule has 0 aromatic rings. The summed E-state index contributed by atoms with van der Waals surface area (Å²) in [6, 6.07) is 1.34. The van der Waals surface area contributed by atoms with E-state index in [0.29, 0.717) is 0 Å². The maximum absolute atomic E-state index is 5.33. The second kappa shape index (κ2) is 7.25. The van der Waals surface area contributed by atoms with E-state index in [1.165, 1.54) is 6.04 Å². The van der Waals surface area contributed by atoms with E-state index in [1.54, 1.807) is 0 Å². The molecule has 0 heterocycles. The molecule has 2 nitrogen and oxygen atoms in total. The summed E-state index contributed by atoms with van der Waals surface area (Å²) in [5.41, 5.74) is 5.33. The topological polar surface area (TPSA) is 38.0 Å². The summed E-state index contributed by atoms with van der Waals surface area (Å²) in [6.45, 7) is 7.36. The molecule has 0 aromatic carbocycles. The van der Waals surface area contributed by atoms with Gasteiger partial charge in [0.15, 0.2) is 0 Å². The summed E-state index contributed by atoms with van der Waals surface area (Å²) in [4.78, 5) is 0. The average molecular weight is 158 g/mol. The first kappa shape index (κ1) is 10.1. The maximum Gasteiger partial charge on any atom is 0.0346 e. The standard InChI is InChI=1S/C7H18N2Si/c1-7(6-10-2)5-9-4-3-8/h7,9H,3-6,8H2,1-2H3. The predicted octanol–water partition coefficient (Wildman–Crippen LogP) is 0.341. The highest BCUT2D eigenvalue weighted by Gasteiger charge is 1.97. The van der Waals surface area contributed by atoms with E-state index >= 15 is 0 Å². The van der Waals surface area contributed by atoms with Gasteiger partial charge in [0.25, 0.3) is 0 Å². The molecule has 3 N–H and O–H groups in total. The molecule has 1 unspecified atom stereocenters. The van der Waals surface area contributed by atoms with E-state index < -0.39 is 0 Å². The monoisotopic (exact) mass is 158 g/mol. The van der Waals surface area contributed by atoms with Crippen LogP contribution >= 0.6 is 0 Å². The van der Waals surface area contributed by atoms with Crippen molar-refractivity contribution in [1.82, 2.24) is 5.32 Å². The number of hydrogen-bond acceptors (Lipinski definition) is 2. The molecule has 0 bridgehead atoms.